The summed E-state index contributed by atoms with van der Waals surface area (Å²) in [6.07, 6.45) is 1.52. The zero-order valence-electron chi connectivity index (χ0n) is 19.1. The molecule has 0 bridgehead atoms. The fourth-order valence-electron chi connectivity index (χ4n) is 4.71. The van der Waals surface area contributed by atoms with E-state index in [4.69, 9.17) is 9.15 Å². The summed E-state index contributed by atoms with van der Waals surface area (Å²) < 4.78 is 11.2. The number of phenolic OH excluding ortho intramolecular Hbond substituents is 1. The van der Waals surface area contributed by atoms with Crippen LogP contribution in [0.5, 0.6) is 11.5 Å². The van der Waals surface area contributed by atoms with Crippen LogP contribution < -0.4 is 15.4 Å². The number of carbonyl (C=O) groups excluding carboxylic acids is 3. The molecule has 2 aliphatic rings. The number of benzene rings is 2. The Balaban J connectivity index is 1.38. The minimum atomic E-state index is -1.62. The number of furan rings is 1. The number of hydrogen-bond acceptors (Lipinski definition) is 7. The van der Waals surface area contributed by atoms with Gasteiger partial charge in [0, 0.05) is 23.1 Å². The summed E-state index contributed by atoms with van der Waals surface area (Å²) in [6, 6.07) is 14.7. The molecule has 10 nitrogen and oxygen atoms in total. The predicted octanol–water partition coefficient (Wildman–Crippen LogP) is 2.90. The third kappa shape index (κ3) is 3.34. The molecule has 1 saturated heterocycles. The Morgan fingerprint density at radius 1 is 1.14 bits per heavy atom. The molecule has 1 unspecified atom stereocenters. The topological polar surface area (TPSA) is 134 Å². The average Bonchev–Trinajstić information content (AvgIpc) is 3.52. The number of nitrogens with zero attached hydrogens (tertiary/aromatic N) is 2. The maximum Gasteiger partial charge on any atom is 0.322 e. The number of rotatable bonds is 5. The monoisotopic (exact) mass is 484 g/mol. The van der Waals surface area contributed by atoms with E-state index in [1.165, 1.54) is 18.2 Å². The van der Waals surface area contributed by atoms with E-state index in [9.17, 15) is 19.5 Å². The highest BCUT2D eigenvalue weighted by Crippen LogP contribution is 2.35. The zero-order valence-corrected chi connectivity index (χ0v) is 19.1. The number of imide groups is 1. The number of ether oxygens (including phenoxy) is 1. The molecule has 4 aromatic rings. The van der Waals surface area contributed by atoms with Crippen molar-refractivity contribution in [2.24, 2.45) is 0 Å². The summed E-state index contributed by atoms with van der Waals surface area (Å²) >= 11 is 0. The molecule has 0 spiro atoms. The van der Waals surface area contributed by atoms with Gasteiger partial charge in [-0.2, -0.15) is 0 Å². The van der Waals surface area contributed by atoms with Crippen LogP contribution in [0.1, 0.15) is 21.7 Å². The molecule has 2 aromatic carbocycles. The van der Waals surface area contributed by atoms with Crippen molar-refractivity contribution in [1.29, 1.82) is 0 Å². The average molecular weight is 484 g/mol. The lowest BCUT2D eigenvalue weighted by Gasteiger charge is -2.29. The highest BCUT2D eigenvalue weighted by molar-refractivity contribution is 6.08. The maximum absolute atomic E-state index is 13.2. The van der Waals surface area contributed by atoms with Crippen LogP contribution in [0.2, 0.25) is 0 Å². The number of fused-ring (bicyclic) bond motifs is 2. The van der Waals surface area contributed by atoms with Crippen LogP contribution in [0.4, 0.5) is 4.79 Å². The van der Waals surface area contributed by atoms with Crippen molar-refractivity contribution >= 4 is 28.8 Å². The Kier molecular flexibility index (Phi) is 4.72. The fraction of sp³-hybridized carbons (Fsp3) is 0.154. The standard InChI is InChI=1S/C26H20N4O6/c1-35-18-6-5-15-12-30(23(32)19(15)10-18)13-26(24(33)28-25(34)29-26)22-9-16-8-20(27-11-21(16)36-22)14-3-2-4-17(31)7-14/h2-11,31H,12-13H2,1H3,(H2,28,29,33,34). The van der Waals surface area contributed by atoms with Crippen LogP contribution >= 0.6 is 0 Å². The van der Waals surface area contributed by atoms with Gasteiger partial charge in [-0.15, -0.1) is 0 Å². The second-order valence-electron chi connectivity index (χ2n) is 8.77. The van der Waals surface area contributed by atoms with E-state index >= 15 is 0 Å². The predicted molar refractivity (Wildman–Crippen MR) is 127 cm³/mol. The molecule has 4 heterocycles. The molecular formula is C26H20N4O6. The molecule has 180 valence electrons. The van der Waals surface area contributed by atoms with Crippen molar-refractivity contribution in [3.05, 3.63) is 77.7 Å². The summed E-state index contributed by atoms with van der Waals surface area (Å²) in [5.74, 6) is -0.0503. The quantitative estimate of drug-likeness (QED) is 0.371. The van der Waals surface area contributed by atoms with Crippen molar-refractivity contribution in [2.75, 3.05) is 13.7 Å². The number of pyridine rings is 1. The molecule has 1 fully saturated rings. The molecule has 2 aromatic heterocycles. The number of hydrogen-bond donors (Lipinski definition) is 3. The summed E-state index contributed by atoms with van der Waals surface area (Å²) in [7, 11) is 1.52. The molecule has 2 aliphatic heterocycles. The van der Waals surface area contributed by atoms with Crippen LogP contribution in [-0.4, -0.2) is 46.5 Å². The van der Waals surface area contributed by atoms with E-state index in [-0.39, 0.29) is 30.5 Å². The van der Waals surface area contributed by atoms with Gasteiger partial charge in [0.25, 0.3) is 11.8 Å². The highest BCUT2D eigenvalue weighted by atomic mass is 16.5. The molecule has 3 N–H and O–H groups in total. The number of methoxy groups -OCH3 is 1. The number of aromatic hydroxyl groups is 1. The number of phenols is 1. The summed E-state index contributed by atoms with van der Waals surface area (Å²) in [6.45, 7) is 0.138. The third-order valence-electron chi connectivity index (χ3n) is 6.53. The van der Waals surface area contributed by atoms with Crippen molar-refractivity contribution in [3.63, 3.8) is 0 Å². The Bertz CT molecular complexity index is 1580. The first-order valence-corrected chi connectivity index (χ1v) is 11.2. The van der Waals surface area contributed by atoms with Gasteiger partial charge in [0.1, 0.15) is 17.3 Å². The minimum Gasteiger partial charge on any atom is -0.508 e. The van der Waals surface area contributed by atoms with E-state index in [0.29, 0.717) is 33.5 Å². The molecule has 0 radical (unpaired) electrons. The summed E-state index contributed by atoms with van der Waals surface area (Å²) in [5.41, 5.74) is 1.37. The number of nitrogens with one attached hydrogen (secondary N) is 2. The molecule has 1 atom stereocenters. The Hall–Kier alpha value is -4.86. The number of urea groups is 1. The molecule has 6 rings (SSSR count). The SMILES string of the molecule is COc1ccc2c(c1)C(=O)N(CC1(c3cc4cc(-c5cccc(O)c5)ncc4o3)NC(=O)NC1=O)C2. The number of aromatic nitrogens is 1. The second-order valence-corrected chi connectivity index (χ2v) is 8.77. The third-order valence-corrected chi connectivity index (χ3v) is 6.53. The van der Waals surface area contributed by atoms with Gasteiger partial charge in [-0.05, 0) is 42.0 Å². The van der Waals surface area contributed by atoms with Gasteiger partial charge >= 0.3 is 6.03 Å². The lowest BCUT2D eigenvalue weighted by atomic mass is 9.95. The van der Waals surface area contributed by atoms with Crippen LogP contribution in [0.3, 0.4) is 0 Å². The summed E-state index contributed by atoms with van der Waals surface area (Å²) in [5, 5.41) is 15.4. The van der Waals surface area contributed by atoms with Crippen molar-refractivity contribution in [3.8, 4) is 22.8 Å². The smallest absolute Gasteiger partial charge is 0.322 e. The molecule has 0 aliphatic carbocycles. The second kappa shape index (κ2) is 7.84. The van der Waals surface area contributed by atoms with Crippen LogP contribution in [0.25, 0.3) is 22.2 Å². The Labute approximate surface area is 204 Å². The van der Waals surface area contributed by atoms with E-state index in [0.717, 1.165) is 5.56 Å². The molecular weight excluding hydrogens is 464 g/mol. The fourth-order valence-corrected chi connectivity index (χ4v) is 4.71. The van der Waals surface area contributed by atoms with Gasteiger partial charge < -0.3 is 24.5 Å². The van der Waals surface area contributed by atoms with E-state index in [2.05, 4.69) is 15.6 Å². The molecule has 36 heavy (non-hydrogen) atoms. The van der Waals surface area contributed by atoms with Gasteiger partial charge in [-0.1, -0.05) is 18.2 Å². The van der Waals surface area contributed by atoms with Gasteiger partial charge in [0.15, 0.2) is 11.1 Å². The first-order valence-electron chi connectivity index (χ1n) is 11.2. The Morgan fingerprint density at radius 2 is 2.00 bits per heavy atom. The lowest BCUT2D eigenvalue weighted by Crippen LogP contribution is -2.52. The molecule has 0 saturated carbocycles. The Morgan fingerprint density at radius 3 is 2.75 bits per heavy atom. The van der Waals surface area contributed by atoms with Crippen molar-refractivity contribution in [1.82, 2.24) is 20.5 Å². The highest BCUT2D eigenvalue weighted by Gasteiger charge is 2.53. The van der Waals surface area contributed by atoms with Crippen LogP contribution in [0.15, 0.2) is 65.2 Å². The number of carbonyl (C=O) groups is 3. The van der Waals surface area contributed by atoms with E-state index in [1.807, 2.05) is 12.1 Å². The normalized spacial score (nSPS) is 18.9. The van der Waals surface area contributed by atoms with E-state index < -0.39 is 17.5 Å². The van der Waals surface area contributed by atoms with Gasteiger partial charge in [-0.3, -0.25) is 19.9 Å². The molecule has 4 amide bonds. The maximum atomic E-state index is 13.2. The van der Waals surface area contributed by atoms with Crippen molar-refractivity contribution < 1.29 is 28.6 Å². The lowest BCUT2D eigenvalue weighted by molar-refractivity contribution is -0.125. The summed E-state index contributed by atoms with van der Waals surface area (Å²) in [4.78, 5) is 44.5. The van der Waals surface area contributed by atoms with Crippen LogP contribution in [0, 0.1) is 0 Å². The first kappa shape index (κ1) is 21.7. The minimum absolute atomic E-state index is 0.112. The van der Waals surface area contributed by atoms with Gasteiger partial charge in [0.2, 0.25) is 0 Å². The van der Waals surface area contributed by atoms with Gasteiger partial charge in [-0.25, -0.2) is 4.79 Å². The number of amides is 4. The molecule has 10 heteroatoms. The van der Waals surface area contributed by atoms with E-state index in [1.54, 1.807) is 42.5 Å². The van der Waals surface area contributed by atoms with Crippen LogP contribution in [-0.2, 0) is 16.9 Å². The largest absolute Gasteiger partial charge is 0.508 e. The van der Waals surface area contributed by atoms with Crippen molar-refractivity contribution in [2.45, 2.75) is 12.1 Å². The first-order chi connectivity index (χ1) is 17.4. The zero-order chi connectivity index (χ0) is 25.0. The van der Waals surface area contributed by atoms with Gasteiger partial charge in [0.05, 0.1) is 25.5 Å².